The van der Waals surface area contributed by atoms with Gasteiger partial charge in [0.2, 0.25) is 0 Å². The van der Waals surface area contributed by atoms with Crippen LogP contribution in [-0.4, -0.2) is 7.05 Å². The van der Waals surface area contributed by atoms with Crippen LogP contribution >= 0.6 is 0 Å². The van der Waals surface area contributed by atoms with Crippen LogP contribution in [0.4, 0.5) is 0 Å². The first-order valence-corrected chi connectivity index (χ1v) is 4.91. The molecule has 2 heteroatoms. The third kappa shape index (κ3) is 4.85. The van der Waals surface area contributed by atoms with Gasteiger partial charge < -0.3 is 5.32 Å². The fraction of sp³-hybridized carbons (Fsp3) is 0.500. The molecule has 0 fully saturated rings. The van der Waals surface area contributed by atoms with Crippen LogP contribution in [0.1, 0.15) is 33.3 Å². The summed E-state index contributed by atoms with van der Waals surface area (Å²) in [6.45, 7) is 8.34. The average Bonchev–Trinajstić information content (AvgIpc) is 2.22. The Morgan fingerprint density at radius 3 is 1.79 bits per heavy atom. The van der Waals surface area contributed by atoms with Crippen LogP contribution in [0.25, 0.3) is 0 Å². The van der Waals surface area contributed by atoms with E-state index >= 15 is 0 Å². The van der Waals surface area contributed by atoms with Crippen molar-refractivity contribution >= 4 is 0 Å². The quantitative estimate of drug-likeness (QED) is 0.822. The van der Waals surface area contributed by atoms with Gasteiger partial charge in [-0.15, -0.1) is 0 Å². The van der Waals surface area contributed by atoms with Crippen molar-refractivity contribution < 1.29 is 18.6 Å². The molecule has 1 nitrogen and oxygen atoms in total. The molecule has 0 saturated heterocycles. The Labute approximate surface area is 100 Å². The second kappa shape index (κ2) is 8.10. The summed E-state index contributed by atoms with van der Waals surface area (Å²) in [5.74, 6) is 0. The maximum Gasteiger partial charge on any atom is 0.0374 e. The van der Waals surface area contributed by atoms with E-state index in [2.05, 4.69) is 43.4 Å². The predicted molar refractivity (Wildman–Crippen MR) is 59.9 cm³/mol. The molecule has 0 unspecified atom stereocenters. The summed E-state index contributed by atoms with van der Waals surface area (Å²) < 4.78 is 0. The molecule has 0 aliphatic rings. The molecule has 79 valence electrons. The van der Waals surface area contributed by atoms with E-state index in [1.165, 1.54) is 5.56 Å². The van der Waals surface area contributed by atoms with Gasteiger partial charge in [0.15, 0.2) is 0 Å². The van der Waals surface area contributed by atoms with E-state index in [0.717, 1.165) is 0 Å². The molecule has 1 N–H and O–H groups in total. The summed E-state index contributed by atoms with van der Waals surface area (Å²) in [4.78, 5) is 0. The maximum absolute atomic E-state index is 3.26. The van der Waals surface area contributed by atoms with Crippen molar-refractivity contribution in [3.63, 3.8) is 0 Å². The molecule has 1 rings (SSSR count). The SMILES string of the molecule is CC.CNC(C)(C)c1ccccc1.[V]. The molecular formula is C12H21NV. The number of hydrogen-bond acceptors (Lipinski definition) is 1. The van der Waals surface area contributed by atoms with E-state index in [-0.39, 0.29) is 24.1 Å². The van der Waals surface area contributed by atoms with E-state index in [9.17, 15) is 0 Å². The van der Waals surface area contributed by atoms with Gasteiger partial charge in [0.25, 0.3) is 0 Å². The first kappa shape index (κ1) is 16.2. The summed E-state index contributed by atoms with van der Waals surface area (Å²) in [6.07, 6.45) is 0. The minimum Gasteiger partial charge on any atom is -0.311 e. The fourth-order valence-electron chi connectivity index (χ4n) is 0.999. The van der Waals surface area contributed by atoms with Crippen LogP contribution in [0.2, 0.25) is 0 Å². The van der Waals surface area contributed by atoms with Gasteiger partial charge in [-0.1, -0.05) is 44.2 Å². The summed E-state index contributed by atoms with van der Waals surface area (Å²) in [5, 5.41) is 3.26. The van der Waals surface area contributed by atoms with Gasteiger partial charge in [-0.2, -0.15) is 0 Å². The molecule has 0 aliphatic heterocycles. The Balaban J connectivity index is 0. The monoisotopic (exact) mass is 230 g/mol. The Morgan fingerprint density at radius 2 is 1.43 bits per heavy atom. The first-order chi connectivity index (χ1) is 6.17. The van der Waals surface area contributed by atoms with Gasteiger partial charge in [0, 0.05) is 24.1 Å². The molecule has 0 saturated carbocycles. The maximum atomic E-state index is 3.26. The van der Waals surface area contributed by atoms with E-state index < -0.39 is 0 Å². The van der Waals surface area contributed by atoms with Gasteiger partial charge in [-0.25, -0.2) is 0 Å². The van der Waals surface area contributed by atoms with Gasteiger partial charge in [-0.05, 0) is 26.5 Å². The van der Waals surface area contributed by atoms with Crippen molar-refractivity contribution in [1.82, 2.24) is 5.32 Å². The second-order valence-electron chi connectivity index (χ2n) is 3.24. The number of benzene rings is 1. The predicted octanol–water partition coefficient (Wildman–Crippen LogP) is 3.16. The van der Waals surface area contributed by atoms with E-state index in [1.54, 1.807) is 0 Å². The molecule has 0 heterocycles. The van der Waals surface area contributed by atoms with E-state index in [1.807, 2.05) is 27.0 Å². The van der Waals surface area contributed by atoms with Crippen molar-refractivity contribution in [3.8, 4) is 0 Å². The van der Waals surface area contributed by atoms with E-state index in [0.29, 0.717) is 0 Å². The molecule has 1 radical (unpaired) electrons. The van der Waals surface area contributed by atoms with Crippen LogP contribution in [0, 0.1) is 0 Å². The smallest absolute Gasteiger partial charge is 0.0374 e. The Morgan fingerprint density at radius 1 is 1.00 bits per heavy atom. The Bertz CT molecular complexity index is 219. The minimum absolute atomic E-state index is 0. The molecule has 0 spiro atoms. The third-order valence-electron chi connectivity index (χ3n) is 2.12. The molecule has 0 atom stereocenters. The van der Waals surface area contributed by atoms with Crippen molar-refractivity contribution in [2.75, 3.05) is 7.05 Å². The molecular weight excluding hydrogens is 209 g/mol. The summed E-state index contributed by atoms with van der Waals surface area (Å²) in [6, 6.07) is 10.4. The minimum atomic E-state index is 0. The van der Waals surface area contributed by atoms with Crippen molar-refractivity contribution in [1.29, 1.82) is 0 Å². The van der Waals surface area contributed by atoms with Crippen LogP contribution in [0.5, 0.6) is 0 Å². The normalized spacial score (nSPS) is 9.50. The third-order valence-corrected chi connectivity index (χ3v) is 2.12. The van der Waals surface area contributed by atoms with Crippen LogP contribution < -0.4 is 5.32 Å². The molecule has 1 aromatic carbocycles. The largest absolute Gasteiger partial charge is 0.311 e. The summed E-state index contributed by atoms with van der Waals surface area (Å²) in [5.41, 5.74) is 1.41. The first-order valence-electron chi connectivity index (χ1n) is 4.91. The molecule has 0 aromatic heterocycles. The standard InChI is InChI=1S/C10H15N.C2H6.V/c1-10(2,11-3)9-7-5-4-6-8-9;1-2;/h4-8,11H,1-3H3;1-2H3;. The summed E-state index contributed by atoms with van der Waals surface area (Å²) in [7, 11) is 1.98. The van der Waals surface area contributed by atoms with Gasteiger partial charge in [-0.3, -0.25) is 0 Å². The zero-order valence-electron chi connectivity index (χ0n) is 9.83. The summed E-state index contributed by atoms with van der Waals surface area (Å²) >= 11 is 0. The molecule has 0 amide bonds. The van der Waals surface area contributed by atoms with Crippen LogP contribution in [0.15, 0.2) is 30.3 Å². The van der Waals surface area contributed by atoms with Crippen molar-refractivity contribution in [3.05, 3.63) is 35.9 Å². The second-order valence-corrected chi connectivity index (χ2v) is 3.24. The van der Waals surface area contributed by atoms with E-state index in [4.69, 9.17) is 0 Å². The van der Waals surface area contributed by atoms with Gasteiger partial charge >= 0.3 is 0 Å². The molecule has 0 aliphatic carbocycles. The van der Waals surface area contributed by atoms with Crippen molar-refractivity contribution in [2.24, 2.45) is 0 Å². The zero-order chi connectivity index (χ0) is 10.3. The Hall–Kier alpha value is -0.236. The van der Waals surface area contributed by atoms with Gasteiger partial charge in [0.1, 0.15) is 0 Å². The van der Waals surface area contributed by atoms with Crippen molar-refractivity contribution in [2.45, 2.75) is 33.2 Å². The topological polar surface area (TPSA) is 12.0 Å². The number of rotatable bonds is 2. The Kier molecular flexibility index (Phi) is 9.38. The fourth-order valence-corrected chi connectivity index (χ4v) is 0.999. The number of nitrogens with one attached hydrogen (secondary N) is 1. The van der Waals surface area contributed by atoms with Gasteiger partial charge in [0.05, 0.1) is 0 Å². The van der Waals surface area contributed by atoms with Crippen LogP contribution in [0.3, 0.4) is 0 Å². The van der Waals surface area contributed by atoms with Crippen LogP contribution in [-0.2, 0) is 24.1 Å². The number of hydrogen-bond donors (Lipinski definition) is 1. The molecule has 1 aromatic rings. The molecule has 0 bridgehead atoms. The zero-order valence-corrected chi connectivity index (χ0v) is 11.2. The average molecular weight is 230 g/mol. The molecule has 14 heavy (non-hydrogen) atoms.